The van der Waals surface area contributed by atoms with Gasteiger partial charge in [0.15, 0.2) is 0 Å². The highest BCUT2D eigenvalue weighted by Crippen LogP contribution is 2.40. The Kier molecular flexibility index (Phi) is 4.78. The number of benzene rings is 1. The molecule has 0 saturated heterocycles. The lowest BCUT2D eigenvalue weighted by molar-refractivity contribution is -0.111. The molecule has 1 fully saturated rings. The molecular weight excluding hydrogens is 370 g/mol. The zero-order chi connectivity index (χ0) is 19.9. The Bertz CT molecular complexity index is 878. The van der Waals surface area contributed by atoms with Crippen LogP contribution in [-0.4, -0.2) is 47.2 Å². The van der Waals surface area contributed by atoms with Gasteiger partial charge < -0.3 is 19.5 Å². The number of hydrogen-bond acceptors (Lipinski definition) is 5. The maximum atomic E-state index is 13.1. The van der Waals surface area contributed by atoms with E-state index in [9.17, 15) is 13.6 Å². The molecule has 0 spiro atoms. The summed E-state index contributed by atoms with van der Waals surface area (Å²) in [6, 6.07) is 4.99. The summed E-state index contributed by atoms with van der Waals surface area (Å²) in [7, 11) is 3.13. The van der Waals surface area contributed by atoms with E-state index in [1.165, 1.54) is 4.90 Å². The van der Waals surface area contributed by atoms with Crippen LogP contribution in [0, 0.1) is 0 Å². The third-order valence-corrected chi connectivity index (χ3v) is 5.45. The molecule has 7 nitrogen and oxygen atoms in total. The van der Waals surface area contributed by atoms with Crippen LogP contribution >= 0.6 is 0 Å². The van der Waals surface area contributed by atoms with Crippen LogP contribution < -0.4 is 5.32 Å². The lowest BCUT2D eigenvalue weighted by Gasteiger charge is -2.41. The minimum absolute atomic E-state index is 0.131. The fraction of sp³-hybridized carbons (Fsp3) is 0.526. The van der Waals surface area contributed by atoms with E-state index in [1.54, 1.807) is 14.2 Å². The normalized spacial score (nSPS) is 20.5. The molecule has 1 heterocycles. The van der Waals surface area contributed by atoms with Gasteiger partial charge in [0, 0.05) is 38.6 Å². The number of alkyl halides is 2. The number of fused-ring (bicyclic) bond motifs is 1. The molecule has 4 rings (SSSR count). The molecule has 1 saturated carbocycles. The molecular formula is C19H22F2N4O3. The number of halogens is 2. The van der Waals surface area contributed by atoms with Crippen LogP contribution in [0.25, 0.3) is 11.4 Å². The van der Waals surface area contributed by atoms with Gasteiger partial charge in [-0.25, -0.2) is 13.6 Å². The van der Waals surface area contributed by atoms with E-state index < -0.39 is 12.0 Å². The monoisotopic (exact) mass is 392 g/mol. The highest BCUT2D eigenvalue weighted by Gasteiger charge is 2.48. The van der Waals surface area contributed by atoms with Gasteiger partial charge >= 0.3 is 6.03 Å². The first-order valence-corrected chi connectivity index (χ1v) is 9.22. The average molecular weight is 392 g/mol. The number of nitrogens with zero attached hydrogens (tertiary/aromatic N) is 3. The molecule has 2 aliphatic rings. The summed E-state index contributed by atoms with van der Waals surface area (Å²) in [4.78, 5) is 18.1. The Hall–Kier alpha value is -2.55. The smallest absolute Gasteiger partial charge is 0.317 e. The van der Waals surface area contributed by atoms with E-state index >= 15 is 0 Å². The molecule has 1 atom stereocenters. The summed E-state index contributed by atoms with van der Waals surface area (Å²) in [6.07, 6.45) is 1.04. The van der Waals surface area contributed by atoms with Crippen LogP contribution in [0.3, 0.4) is 0 Å². The predicted octanol–water partition coefficient (Wildman–Crippen LogP) is 3.31. The molecule has 0 unspecified atom stereocenters. The van der Waals surface area contributed by atoms with Crippen LogP contribution in [0.5, 0.6) is 0 Å². The molecule has 150 valence electrons. The second-order valence-electron chi connectivity index (χ2n) is 7.43. The second-order valence-corrected chi connectivity index (χ2v) is 7.43. The van der Waals surface area contributed by atoms with E-state index in [0.717, 1.165) is 29.5 Å². The van der Waals surface area contributed by atoms with Crippen LogP contribution in [0.1, 0.15) is 42.3 Å². The van der Waals surface area contributed by atoms with Gasteiger partial charge in [0.05, 0.1) is 6.04 Å². The van der Waals surface area contributed by atoms with Crippen LogP contribution in [0.15, 0.2) is 22.7 Å². The predicted molar refractivity (Wildman–Crippen MR) is 95.8 cm³/mol. The first-order valence-electron chi connectivity index (χ1n) is 9.22. The zero-order valence-corrected chi connectivity index (χ0v) is 15.7. The molecule has 2 aromatic rings. The SMILES string of the molecule is COCc1nc(-c2ccc3c(c2)CC[C@H]3NC(=O)N(C)C2CC(F)(F)C2)no1. The van der Waals surface area contributed by atoms with Gasteiger partial charge in [-0.05, 0) is 30.0 Å². The zero-order valence-electron chi connectivity index (χ0n) is 15.7. The Morgan fingerprint density at radius 3 is 2.93 bits per heavy atom. The highest BCUT2D eigenvalue weighted by molar-refractivity contribution is 5.75. The lowest BCUT2D eigenvalue weighted by atomic mass is 9.87. The summed E-state index contributed by atoms with van der Waals surface area (Å²) in [5.74, 6) is -1.74. The molecule has 2 amide bonds. The average Bonchev–Trinajstić information content (AvgIpc) is 3.26. The van der Waals surface area contributed by atoms with Crippen molar-refractivity contribution in [2.75, 3.05) is 14.2 Å². The number of ether oxygens (including phenoxy) is 1. The maximum Gasteiger partial charge on any atom is 0.317 e. The Balaban J connectivity index is 1.42. The number of hydrogen-bond donors (Lipinski definition) is 1. The minimum atomic E-state index is -2.65. The van der Waals surface area contributed by atoms with Crippen molar-refractivity contribution in [1.29, 1.82) is 0 Å². The van der Waals surface area contributed by atoms with Gasteiger partial charge in [-0.3, -0.25) is 0 Å². The van der Waals surface area contributed by atoms with Gasteiger partial charge in [0.1, 0.15) is 6.61 Å². The molecule has 0 aliphatic heterocycles. The lowest BCUT2D eigenvalue weighted by Crippen LogP contribution is -2.54. The number of aryl methyl sites for hydroxylation is 1. The topological polar surface area (TPSA) is 80.5 Å². The molecule has 9 heteroatoms. The third kappa shape index (κ3) is 3.58. The van der Waals surface area contributed by atoms with Crippen molar-refractivity contribution in [2.45, 2.75) is 50.3 Å². The molecule has 0 bridgehead atoms. The van der Waals surface area contributed by atoms with E-state index in [4.69, 9.17) is 9.26 Å². The fourth-order valence-corrected chi connectivity index (χ4v) is 3.78. The third-order valence-electron chi connectivity index (χ3n) is 5.45. The van der Waals surface area contributed by atoms with E-state index in [2.05, 4.69) is 15.5 Å². The van der Waals surface area contributed by atoms with E-state index in [0.29, 0.717) is 11.7 Å². The summed E-state index contributed by atoms with van der Waals surface area (Å²) >= 11 is 0. The van der Waals surface area contributed by atoms with Crippen molar-refractivity contribution in [1.82, 2.24) is 20.4 Å². The number of methoxy groups -OCH3 is 1. The minimum Gasteiger partial charge on any atom is -0.375 e. The number of nitrogens with one attached hydrogen (secondary N) is 1. The van der Waals surface area contributed by atoms with Crippen LogP contribution in [-0.2, 0) is 17.8 Å². The first-order chi connectivity index (χ1) is 13.4. The van der Waals surface area contributed by atoms with Crippen LogP contribution in [0.4, 0.5) is 13.6 Å². The maximum absolute atomic E-state index is 13.1. The van der Waals surface area contributed by atoms with Crippen molar-refractivity contribution >= 4 is 6.03 Å². The standard InChI is InChI=1S/C19H22F2N4O3/c1-25(13-8-19(20,21)9-13)18(26)22-15-6-4-11-7-12(3-5-14(11)15)17-23-16(10-27-2)28-24-17/h3,5,7,13,15H,4,6,8-10H2,1-2H3,(H,22,26)/t15-/m1/s1. The van der Waals surface area contributed by atoms with Crippen molar-refractivity contribution in [2.24, 2.45) is 0 Å². The quantitative estimate of drug-likeness (QED) is 0.844. The van der Waals surface area contributed by atoms with Gasteiger partial charge in [-0.2, -0.15) is 4.98 Å². The Morgan fingerprint density at radius 1 is 1.43 bits per heavy atom. The number of aromatic nitrogens is 2. The summed E-state index contributed by atoms with van der Waals surface area (Å²) in [5, 5.41) is 6.93. The summed E-state index contributed by atoms with van der Waals surface area (Å²) in [5.41, 5.74) is 2.98. The van der Waals surface area contributed by atoms with Crippen molar-refractivity contribution < 1.29 is 22.8 Å². The number of carbonyl (C=O) groups is 1. The van der Waals surface area contributed by atoms with Gasteiger partial charge in [0.2, 0.25) is 5.82 Å². The molecule has 1 aromatic heterocycles. The van der Waals surface area contributed by atoms with Crippen LogP contribution in [0.2, 0.25) is 0 Å². The molecule has 1 N–H and O–H groups in total. The molecule has 28 heavy (non-hydrogen) atoms. The number of rotatable bonds is 5. The Labute approximate surface area is 161 Å². The number of carbonyl (C=O) groups excluding carboxylic acids is 1. The van der Waals surface area contributed by atoms with E-state index in [-0.39, 0.29) is 31.5 Å². The Morgan fingerprint density at radius 2 is 2.21 bits per heavy atom. The molecule has 1 aromatic carbocycles. The fourth-order valence-electron chi connectivity index (χ4n) is 3.78. The summed E-state index contributed by atoms with van der Waals surface area (Å²) in [6.45, 7) is 0.256. The van der Waals surface area contributed by atoms with E-state index in [1.807, 2.05) is 18.2 Å². The molecule has 0 radical (unpaired) electrons. The van der Waals surface area contributed by atoms with Crippen molar-refractivity contribution in [3.63, 3.8) is 0 Å². The van der Waals surface area contributed by atoms with Gasteiger partial charge in [0.25, 0.3) is 11.8 Å². The number of amides is 2. The van der Waals surface area contributed by atoms with Crippen molar-refractivity contribution in [3.05, 3.63) is 35.2 Å². The number of urea groups is 1. The first kappa shape index (κ1) is 18.8. The summed E-state index contributed by atoms with van der Waals surface area (Å²) < 4.78 is 36.2. The largest absolute Gasteiger partial charge is 0.375 e. The van der Waals surface area contributed by atoms with Gasteiger partial charge in [-0.1, -0.05) is 17.3 Å². The highest BCUT2D eigenvalue weighted by atomic mass is 19.3. The second kappa shape index (κ2) is 7.12. The molecule has 2 aliphatic carbocycles. The van der Waals surface area contributed by atoms with Gasteiger partial charge in [-0.15, -0.1) is 0 Å². The van der Waals surface area contributed by atoms with Crippen molar-refractivity contribution in [3.8, 4) is 11.4 Å².